The predicted octanol–water partition coefficient (Wildman–Crippen LogP) is 4.29. The molecule has 0 aliphatic carbocycles. The summed E-state index contributed by atoms with van der Waals surface area (Å²) in [6.45, 7) is 2.07. The van der Waals surface area contributed by atoms with Gasteiger partial charge in [-0.25, -0.2) is 14.2 Å². The van der Waals surface area contributed by atoms with Gasteiger partial charge in [-0.15, -0.1) is 0 Å². The van der Waals surface area contributed by atoms with Crippen LogP contribution in [0.5, 0.6) is 0 Å². The Balaban J connectivity index is 1.46. The number of anilines is 2. The van der Waals surface area contributed by atoms with Crippen LogP contribution in [0.15, 0.2) is 102 Å². The number of fused-ring (bicyclic) bond motifs is 1. The minimum Gasteiger partial charge on any atom is -0.350 e. The molecule has 3 aromatic carbocycles. The second-order valence-corrected chi connectivity index (χ2v) is 9.33. The highest BCUT2D eigenvalue weighted by molar-refractivity contribution is 6.20. The van der Waals surface area contributed by atoms with Gasteiger partial charge in [0.05, 0.1) is 17.0 Å². The molecule has 3 N–H and O–H groups in total. The molecule has 0 fully saturated rings. The Bertz CT molecular complexity index is 1630. The van der Waals surface area contributed by atoms with E-state index in [2.05, 4.69) is 25.9 Å². The molecule has 1 unspecified atom stereocenters. The van der Waals surface area contributed by atoms with Crippen LogP contribution < -0.4 is 20.9 Å². The van der Waals surface area contributed by atoms with Crippen LogP contribution in [0.3, 0.4) is 0 Å². The Hall–Kier alpha value is -5.38. The van der Waals surface area contributed by atoms with Crippen LogP contribution in [0, 0.1) is 12.7 Å². The maximum Gasteiger partial charge on any atom is 0.321 e. The van der Waals surface area contributed by atoms with Crippen LogP contribution in [0.4, 0.5) is 20.6 Å². The lowest BCUT2D eigenvalue weighted by molar-refractivity contribution is -0.120. The van der Waals surface area contributed by atoms with Crippen LogP contribution in [0.25, 0.3) is 0 Å². The average Bonchev–Trinajstić information content (AvgIpc) is 3.08. The summed E-state index contributed by atoms with van der Waals surface area (Å²) < 4.78 is 15.0. The number of nitrogens with zero attached hydrogens (tertiary/aromatic N) is 3. The number of aryl methyl sites for hydroxylation is 1. The maximum absolute atomic E-state index is 15.0. The molecular weight excluding hydrogens is 523 g/mol. The summed E-state index contributed by atoms with van der Waals surface area (Å²) in [5.41, 5.74) is 3.25. The smallest absolute Gasteiger partial charge is 0.321 e. The van der Waals surface area contributed by atoms with Crippen molar-refractivity contribution in [1.29, 1.82) is 0 Å². The Labute approximate surface area is 236 Å². The van der Waals surface area contributed by atoms with E-state index >= 15 is 4.39 Å². The third-order valence-corrected chi connectivity index (χ3v) is 6.43. The molecule has 0 radical (unpaired) electrons. The van der Waals surface area contributed by atoms with Gasteiger partial charge in [0.2, 0.25) is 6.17 Å². The predicted molar refractivity (Wildman–Crippen MR) is 155 cm³/mol. The summed E-state index contributed by atoms with van der Waals surface area (Å²) >= 11 is 0. The van der Waals surface area contributed by atoms with Gasteiger partial charge in [-0.05, 0) is 55.0 Å². The first-order valence-electron chi connectivity index (χ1n) is 13.0. The molecule has 0 saturated heterocycles. The second kappa shape index (κ2) is 12.2. The number of rotatable bonds is 7. The molecular formula is C31H27FN6O3. The first-order chi connectivity index (χ1) is 19.9. The molecule has 4 aromatic rings. The molecule has 1 aliphatic rings. The number of carbonyl (C=O) groups is 3. The first kappa shape index (κ1) is 27.2. The molecule has 1 aliphatic heterocycles. The quantitative estimate of drug-likeness (QED) is 0.318. The summed E-state index contributed by atoms with van der Waals surface area (Å²) in [7, 11) is 0. The standard InChI is InChI=1S/C31H27FN6O3/c1-20-8-6-10-22(18-20)35-31(41)37-28-30(40)38(17-16-34-29(39)21-9-7-15-33-19-21)26-14-5-3-12-24(26)27(36-28)23-11-2-4-13-25(23)32/h2-15,18-19,28H,16-17H2,1H3,(H,34,39)(H2,35,37,41). The Morgan fingerprint density at radius 2 is 1.73 bits per heavy atom. The molecule has 0 saturated carbocycles. The van der Waals surface area contributed by atoms with E-state index < -0.39 is 23.9 Å². The fourth-order valence-electron chi connectivity index (χ4n) is 4.52. The SMILES string of the molecule is Cc1cccc(NC(=O)NC2N=C(c3ccccc3F)c3ccccc3N(CCNC(=O)c3cccnc3)C2=O)c1. The van der Waals surface area contributed by atoms with E-state index in [9.17, 15) is 14.4 Å². The van der Waals surface area contributed by atoms with E-state index in [-0.39, 0.29) is 30.3 Å². The van der Waals surface area contributed by atoms with Crippen molar-refractivity contribution in [1.82, 2.24) is 15.6 Å². The minimum absolute atomic E-state index is 0.0690. The first-order valence-corrected chi connectivity index (χ1v) is 13.0. The Morgan fingerprint density at radius 1 is 0.951 bits per heavy atom. The lowest BCUT2D eigenvalue weighted by Crippen LogP contribution is -2.50. The zero-order chi connectivity index (χ0) is 28.8. The van der Waals surface area contributed by atoms with Crippen molar-refractivity contribution in [3.05, 3.63) is 125 Å². The molecule has 4 amide bonds. The molecule has 0 bridgehead atoms. The maximum atomic E-state index is 15.0. The van der Waals surface area contributed by atoms with Crippen molar-refractivity contribution in [2.24, 2.45) is 4.99 Å². The zero-order valence-electron chi connectivity index (χ0n) is 22.2. The minimum atomic E-state index is -1.38. The van der Waals surface area contributed by atoms with Crippen LogP contribution in [-0.4, -0.2) is 47.8 Å². The summed E-state index contributed by atoms with van der Waals surface area (Å²) in [6.07, 6.45) is 1.64. The van der Waals surface area contributed by atoms with Crippen molar-refractivity contribution >= 4 is 34.9 Å². The highest BCUT2D eigenvalue weighted by Gasteiger charge is 2.33. The van der Waals surface area contributed by atoms with Gasteiger partial charge in [0.25, 0.3) is 11.8 Å². The molecule has 0 spiro atoms. The number of aromatic nitrogens is 1. The third kappa shape index (κ3) is 6.27. The number of urea groups is 1. The van der Waals surface area contributed by atoms with E-state index in [0.717, 1.165) is 5.56 Å². The molecule has 206 valence electrons. The summed E-state index contributed by atoms with van der Waals surface area (Å²) in [4.78, 5) is 49.5. The number of benzene rings is 3. The Kier molecular flexibility index (Phi) is 8.10. The monoisotopic (exact) mass is 550 g/mol. The zero-order valence-corrected chi connectivity index (χ0v) is 22.2. The fourth-order valence-corrected chi connectivity index (χ4v) is 4.52. The van der Waals surface area contributed by atoms with Crippen LogP contribution in [-0.2, 0) is 4.79 Å². The molecule has 1 aromatic heterocycles. The molecule has 9 nitrogen and oxygen atoms in total. The second-order valence-electron chi connectivity index (χ2n) is 9.33. The van der Waals surface area contributed by atoms with Gasteiger partial charge in [0.15, 0.2) is 0 Å². The van der Waals surface area contributed by atoms with E-state index in [1.807, 2.05) is 13.0 Å². The van der Waals surface area contributed by atoms with Gasteiger partial charge in [-0.3, -0.25) is 14.6 Å². The number of benzodiazepines with no additional fused rings is 1. The average molecular weight is 551 g/mol. The highest BCUT2D eigenvalue weighted by atomic mass is 19.1. The van der Waals surface area contributed by atoms with Gasteiger partial charge in [0.1, 0.15) is 5.82 Å². The highest BCUT2D eigenvalue weighted by Crippen LogP contribution is 2.29. The number of aliphatic imine (C=N–C) groups is 1. The number of carbonyl (C=O) groups excluding carboxylic acids is 3. The largest absolute Gasteiger partial charge is 0.350 e. The van der Waals surface area contributed by atoms with Crippen molar-refractivity contribution in [2.45, 2.75) is 13.1 Å². The number of hydrogen-bond donors (Lipinski definition) is 3. The number of pyridine rings is 1. The van der Waals surface area contributed by atoms with Gasteiger partial charge < -0.3 is 20.9 Å². The van der Waals surface area contributed by atoms with Crippen molar-refractivity contribution in [2.75, 3.05) is 23.3 Å². The summed E-state index contributed by atoms with van der Waals surface area (Å²) in [6, 6.07) is 23.0. The lowest BCUT2D eigenvalue weighted by Gasteiger charge is -2.25. The van der Waals surface area contributed by atoms with Gasteiger partial charge in [-0.1, -0.05) is 42.5 Å². The van der Waals surface area contributed by atoms with Gasteiger partial charge in [-0.2, -0.15) is 0 Å². The van der Waals surface area contributed by atoms with Crippen molar-refractivity contribution in [3.63, 3.8) is 0 Å². The fraction of sp³-hybridized carbons (Fsp3) is 0.129. The normalized spacial score (nSPS) is 14.4. The van der Waals surface area contributed by atoms with E-state index in [0.29, 0.717) is 22.5 Å². The van der Waals surface area contributed by atoms with Crippen molar-refractivity contribution < 1.29 is 18.8 Å². The molecule has 2 heterocycles. The Morgan fingerprint density at radius 3 is 2.49 bits per heavy atom. The van der Waals surface area contributed by atoms with Crippen LogP contribution in [0.2, 0.25) is 0 Å². The van der Waals surface area contributed by atoms with E-state index in [1.54, 1.807) is 79.0 Å². The number of nitrogens with one attached hydrogen (secondary N) is 3. The third-order valence-electron chi connectivity index (χ3n) is 6.43. The van der Waals surface area contributed by atoms with E-state index in [1.165, 1.54) is 17.2 Å². The lowest BCUT2D eigenvalue weighted by atomic mass is 9.99. The molecule has 10 heteroatoms. The number of amides is 4. The molecule has 41 heavy (non-hydrogen) atoms. The van der Waals surface area contributed by atoms with Gasteiger partial charge in [0, 0.05) is 42.3 Å². The van der Waals surface area contributed by atoms with Crippen LogP contribution in [0.1, 0.15) is 27.0 Å². The molecule has 5 rings (SSSR count). The van der Waals surface area contributed by atoms with Gasteiger partial charge >= 0.3 is 6.03 Å². The number of halogens is 1. The summed E-state index contributed by atoms with van der Waals surface area (Å²) in [5.74, 6) is -1.41. The van der Waals surface area contributed by atoms with Crippen molar-refractivity contribution in [3.8, 4) is 0 Å². The number of hydrogen-bond acceptors (Lipinski definition) is 5. The molecule has 1 atom stereocenters. The summed E-state index contributed by atoms with van der Waals surface area (Å²) in [5, 5.41) is 8.15. The number of para-hydroxylation sites is 1. The van der Waals surface area contributed by atoms with Crippen LogP contribution >= 0.6 is 0 Å². The topological polar surface area (TPSA) is 116 Å². The van der Waals surface area contributed by atoms with E-state index in [4.69, 9.17) is 0 Å².